The number of hydrogen-bond donors (Lipinski definition) is 1. The fraction of sp³-hybridized carbons (Fsp3) is 0.217. The van der Waals surface area contributed by atoms with Crippen LogP contribution in [0, 0.1) is 5.92 Å². The Morgan fingerprint density at radius 3 is 2.36 bits per heavy atom. The third-order valence-electron chi connectivity index (χ3n) is 4.34. The van der Waals surface area contributed by atoms with E-state index in [1.807, 2.05) is 66.7 Å². The van der Waals surface area contributed by atoms with Gasteiger partial charge in [0.25, 0.3) is 0 Å². The topological polar surface area (TPSA) is 63.6 Å². The molecule has 0 amide bonds. The number of allylic oxidation sites excluding steroid dienone is 2. The third kappa shape index (κ3) is 5.29. The van der Waals surface area contributed by atoms with E-state index in [0.717, 1.165) is 10.5 Å². The predicted octanol–water partition coefficient (Wildman–Crippen LogP) is 3.91. The normalized spacial score (nSPS) is 17.5. The third-order valence-corrected chi connectivity index (χ3v) is 5.57. The minimum absolute atomic E-state index is 0.106. The second-order valence-electron chi connectivity index (χ2n) is 6.35. The van der Waals surface area contributed by atoms with Gasteiger partial charge in [-0.3, -0.25) is 9.59 Å². The fourth-order valence-corrected chi connectivity index (χ4v) is 4.12. The summed E-state index contributed by atoms with van der Waals surface area (Å²) in [5.74, 6) is -0.822. The van der Waals surface area contributed by atoms with E-state index in [0.29, 0.717) is 10.5 Å². The molecule has 4 nitrogen and oxygen atoms in total. The van der Waals surface area contributed by atoms with Crippen molar-refractivity contribution in [1.29, 1.82) is 0 Å². The Bertz CT molecular complexity index is 872. The second-order valence-corrected chi connectivity index (χ2v) is 7.47. The monoisotopic (exact) mass is 394 g/mol. The van der Waals surface area contributed by atoms with Crippen molar-refractivity contribution in [2.75, 3.05) is 19.8 Å². The van der Waals surface area contributed by atoms with Crippen molar-refractivity contribution in [2.45, 2.75) is 11.3 Å². The minimum atomic E-state index is -0.509. The van der Waals surface area contributed by atoms with E-state index in [4.69, 9.17) is 9.84 Å². The molecule has 2 aromatic carbocycles. The van der Waals surface area contributed by atoms with Crippen LogP contribution in [0.2, 0.25) is 0 Å². The van der Waals surface area contributed by atoms with Crippen LogP contribution < -0.4 is 0 Å². The van der Waals surface area contributed by atoms with Crippen molar-refractivity contribution in [3.05, 3.63) is 82.8 Å². The number of hydrogen-bond acceptors (Lipinski definition) is 5. The lowest BCUT2D eigenvalue weighted by molar-refractivity contribution is -0.129. The molecule has 0 aliphatic heterocycles. The van der Waals surface area contributed by atoms with Gasteiger partial charge in [-0.1, -0.05) is 66.4 Å². The maximum Gasteiger partial charge on any atom is 0.171 e. The average molecular weight is 394 g/mol. The molecule has 1 N–H and O–H groups in total. The van der Waals surface area contributed by atoms with Crippen molar-refractivity contribution in [3.8, 4) is 0 Å². The minimum Gasteiger partial charge on any atom is -0.394 e. The molecule has 0 saturated heterocycles. The molecular weight excluding hydrogens is 372 g/mol. The number of ether oxygens (including phenoxy) is 1. The molecule has 0 saturated carbocycles. The molecule has 0 fully saturated rings. The predicted molar refractivity (Wildman–Crippen MR) is 111 cm³/mol. The molecule has 0 radical (unpaired) electrons. The molecule has 144 valence electrons. The number of benzene rings is 2. The van der Waals surface area contributed by atoms with Crippen LogP contribution in [0.25, 0.3) is 6.08 Å². The molecule has 0 spiro atoms. The highest BCUT2D eigenvalue weighted by atomic mass is 32.2. The zero-order valence-corrected chi connectivity index (χ0v) is 16.2. The molecule has 1 unspecified atom stereocenters. The Hall–Kier alpha value is -2.47. The second kappa shape index (κ2) is 10.2. The summed E-state index contributed by atoms with van der Waals surface area (Å²) in [6.45, 7) is 0.214. The van der Waals surface area contributed by atoms with Crippen LogP contribution >= 0.6 is 11.8 Å². The molecule has 1 aliphatic rings. The highest BCUT2D eigenvalue weighted by molar-refractivity contribution is 8.03. The number of thioether (sulfide) groups is 1. The van der Waals surface area contributed by atoms with Crippen LogP contribution in [0.15, 0.2) is 82.1 Å². The molecule has 5 heteroatoms. The van der Waals surface area contributed by atoms with Crippen molar-refractivity contribution >= 4 is 29.4 Å². The van der Waals surface area contributed by atoms with Gasteiger partial charge in [-0.25, -0.2) is 0 Å². The standard InChI is InChI=1S/C23H22O4S/c24-13-14-27-16-20-22(26)15-21(25)19(12-11-17-7-3-1-4-8-17)23(20)28-18-9-5-2-6-10-18/h1-12,20,24H,13-16H2/b12-11+. The quantitative estimate of drug-likeness (QED) is 0.543. The van der Waals surface area contributed by atoms with Gasteiger partial charge in [-0.15, -0.1) is 0 Å². The van der Waals surface area contributed by atoms with Crippen LogP contribution in [0.3, 0.4) is 0 Å². The molecule has 28 heavy (non-hydrogen) atoms. The average Bonchev–Trinajstić information content (AvgIpc) is 2.71. The summed E-state index contributed by atoms with van der Waals surface area (Å²) in [7, 11) is 0. The number of ketones is 2. The van der Waals surface area contributed by atoms with E-state index < -0.39 is 5.92 Å². The van der Waals surface area contributed by atoms with Crippen molar-refractivity contribution < 1.29 is 19.4 Å². The van der Waals surface area contributed by atoms with Crippen molar-refractivity contribution in [3.63, 3.8) is 0 Å². The largest absolute Gasteiger partial charge is 0.394 e. The van der Waals surface area contributed by atoms with Crippen LogP contribution in [0.5, 0.6) is 0 Å². The number of aliphatic hydroxyl groups is 1. The van der Waals surface area contributed by atoms with Crippen molar-refractivity contribution in [2.24, 2.45) is 5.92 Å². The summed E-state index contributed by atoms with van der Waals surface area (Å²) < 4.78 is 5.45. The zero-order chi connectivity index (χ0) is 19.8. The van der Waals surface area contributed by atoms with E-state index in [1.165, 1.54) is 11.8 Å². The van der Waals surface area contributed by atoms with E-state index in [9.17, 15) is 9.59 Å². The Balaban J connectivity index is 1.98. The maximum atomic E-state index is 12.7. The summed E-state index contributed by atoms with van der Waals surface area (Å²) in [4.78, 5) is 26.9. The lowest BCUT2D eigenvalue weighted by Crippen LogP contribution is -2.30. The first-order valence-electron chi connectivity index (χ1n) is 9.13. The highest BCUT2D eigenvalue weighted by Gasteiger charge is 2.34. The van der Waals surface area contributed by atoms with Gasteiger partial charge in [-0.05, 0) is 23.8 Å². The molecule has 3 rings (SSSR count). The van der Waals surface area contributed by atoms with E-state index in [-0.39, 0.29) is 37.8 Å². The molecule has 0 aromatic heterocycles. The van der Waals surface area contributed by atoms with Crippen LogP contribution in [0.4, 0.5) is 0 Å². The molecule has 0 bridgehead atoms. The van der Waals surface area contributed by atoms with Gasteiger partial charge in [0.15, 0.2) is 11.6 Å². The van der Waals surface area contributed by atoms with E-state index >= 15 is 0 Å². The Morgan fingerprint density at radius 2 is 1.68 bits per heavy atom. The molecule has 1 atom stereocenters. The SMILES string of the molecule is O=C1CC(=O)C(COCCO)C(Sc2ccccc2)=C1/C=C/c1ccccc1. The van der Waals surface area contributed by atoms with E-state index in [1.54, 1.807) is 6.08 Å². The van der Waals surface area contributed by atoms with E-state index in [2.05, 4.69) is 0 Å². The highest BCUT2D eigenvalue weighted by Crippen LogP contribution is 2.39. The summed E-state index contributed by atoms with van der Waals surface area (Å²) >= 11 is 1.43. The zero-order valence-electron chi connectivity index (χ0n) is 15.4. The first kappa shape index (κ1) is 20.3. The lowest BCUT2D eigenvalue weighted by atomic mass is 9.88. The maximum absolute atomic E-state index is 12.7. The van der Waals surface area contributed by atoms with Crippen LogP contribution in [-0.4, -0.2) is 36.5 Å². The first-order valence-corrected chi connectivity index (χ1v) is 9.95. The summed E-state index contributed by atoms with van der Waals surface area (Å²) in [6, 6.07) is 19.4. The summed E-state index contributed by atoms with van der Waals surface area (Å²) in [5.41, 5.74) is 1.53. The lowest BCUT2D eigenvalue weighted by Gasteiger charge is -2.25. The van der Waals surface area contributed by atoms with Crippen molar-refractivity contribution in [1.82, 2.24) is 0 Å². The molecule has 0 heterocycles. The molecule has 2 aromatic rings. The van der Waals surface area contributed by atoms with Gasteiger partial charge in [0.05, 0.1) is 32.2 Å². The van der Waals surface area contributed by atoms with Gasteiger partial charge in [-0.2, -0.15) is 0 Å². The number of carbonyl (C=O) groups is 2. The Morgan fingerprint density at radius 1 is 1.00 bits per heavy atom. The van der Waals surface area contributed by atoms with Gasteiger partial charge in [0.2, 0.25) is 0 Å². The van der Waals surface area contributed by atoms with Gasteiger partial charge in [0.1, 0.15) is 0 Å². The number of carbonyl (C=O) groups excluding carboxylic acids is 2. The number of Topliss-reactive ketones (excluding diaryl/α,β-unsaturated/α-hetero) is 2. The first-order chi connectivity index (χ1) is 13.7. The summed E-state index contributed by atoms with van der Waals surface area (Å²) in [5, 5.41) is 8.97. The fourth-order valence-electron chi connectivity index (χ4n) is 2.94. The van der Waals surface area contributed by atoms with Gasteiger partial charge >= 0.3 is 0 Å². The van der Waals surface area contributed by atoms with Crippen LogP contribution in [0.1, 0.15) is 12.0 Å². The van der Waals surface area contributed by atoms with Gasteiger partial charge in [0, 0.05) is 15.4 Å². The Kier molecular flexibility index (Phi) is 7.37. The number of aliphatic hydroxyl groups excluding tert-OH is 1. The van der Waals surface area contributed by atoms with Crippen LogP contribution in [-0.2, 0) is 14.3 Å². The summed E-state index contributed by atoms with van der Waals surface area (Å²) in [6.07, 6.45) is 3.56. The van der Waals surface area contributed by atoms with Gasteiger partial charge < -0.3 is 9.84 Å². The smallest absolute Gasteiger partial charge is 0.171 e. The molecule has 1 aliphatic carbocycles. The Labute approximate surface area is 168 Å². The number of rotatable bonds is 8. The molecular formula is C23H22O4S.